The van der Waals surface area contributed by atoms with Crippen LogP contribution >= 0.6 is 0 Å². The van der Waals surface area contributed by atoms with Crippen LogP contribution in [-0.4, -0.2) is 56.1 Å². The molecule has 37 heavy (non-hydrogen) atoms. The van der Waals surface area contributed by atoms with E-state index in [-0.39, 0.29) is 37.1 Å². The van der Waals surface area contributed by atoms with E-state index in [4.69, 9.17) is 0 Å². The smallest absolute Gasteiger partial charge is 0.240 e. The van der Waals surface area contributed by atoms with Gasteiger partial charge in [0.15, 0.2) is 0 Å². The fourth-order valence-corrected chi connectivity index (χ4v) is 4.88. The Morgan fingerprint density at radius 3 is 2.43 bits per heavy atom. The fraction of sp³-hybridized carbons (Fsp3) is 0.241. The highest BCUT2D eigenvalue weighted by Crippen LogP contribution is 2.40. The lowest BCUT2D eigenvalue weighted by Gasteiger charge is -2.29. The second kappa shape index (κ2) is 10.3. The van der Waals surface area contributed by atoms with Crippen LogP contribution in [0.25, 0.3) is 11.0 Å². The fourth-order valence-electron chi connectivity index (χ4n) is 4.88. The molecule has 0 spiro atoms. The second-order valence-electron chi connectivity index (χ2n) is 9.35. The lowest BCUT2D eigenvalue weighted by molar-refractivity contribution is -0.142. The molecule has 1 saturated heterocycles. The number of likely N-dealkylation sites (tertiary alicyclic amines) is 1. The summed E-state index contributed by atoms with van der Waals surface area (Å²) in [5, 5.41) is 0. The molecule has 0 bridgehead atoms. The minimum atomic E-state index is -1.23. The van der Waals surface area contributed by atoms with Gasteiger partial charge in [0.2, 0.25) is 17.7 Å². The maximum atomic E-state index is 13.8. The van der Waals surface area contributed by atoms with Crippen LogP contribution in [0.15, 0.2) is 85.3 Å². The third-order valence-corrected chi connectivity index (χ3v) is 6.88. The Morgan fingerprint density at radius 1 is 0.919 bits per heavy atom. The summed E-state index contributed by atoms with van der Waals surface area (Å²) in [5.74, 6) is -0.813. The van der Waals surface area contributed by atoms with Gasteiger partial charge in [0.05, 0.1) is 16.4 Å². The monoisotopic (exact) mass is 493 g/mol. The number of nitrogens with zero attached hydrogens (tertiary/aromatic N) is 5. The van der Waals surface area contributed by atoms with E-state index in [1.54, 1.807) is 30.5 Å². The quantitative estimate of drug-likeness (QED) is 0.350. The standard InChI is InChI=1S/C29H27N5O3/c1-33(20-21-10-11-24-25(17-21)32-15-14-31-24)26(35)18-29(22-7-3-2-4-8-22)19-27(36)34(28(29)37)16-12-23-9-5-6-13-30-23/h2-11,13-15,17H,12,16,18-20H2,1H3/t29-/m0/s1. The number of fused-ring (bicyclic) bond motifs is 1. The number of pyridine rings is 1. The molecule has 3 heterocycles. The van der Waals surface area contributed by atoms with Crippen molar-refractivity contribution in [2.75, 3.05) is 13.6 Å². The highest BCUT2D eigenvalue weighted by molar-refractivity contribution is 6.10. The predicted molar refractivity (Wildman–Crippen MR) is 138 cm³/mol. The topological polar surface area (TPSA) is 96.4 Å². The van der Waals surface area contributed by atoms with Gasteiger partial charge in [-0.2, -0.15) is 0 Å². The number of hydrogen-bond acceptors (Lipinski definition) is 6. The summed E-state index contributed by atoms with van der Waals surface area (Å²) in [6, 6.07) is 20.4. The molecular weight excluding hydrogens is 466 g/mol. The molecule has 0 N–H and O–H groups in total. The lowest BCUT2D eigenvalue weighted by Crippen LogP contribution is -2.43. The van der Waals surface area contributed by atoms with Crippen molar-refractivity contribution >= 4 is 28.8 Å². The van der Waals surface area contributed by atoms with Crippen LogP contribution in [0.4, 0.5) is 0 Å². The van der Waals surface area contributed by atoms with Gasteiger partial charge in [-0.25, -0.2) is 0 Å². The molecule has 0 saturated carbocycles. The summed E-state index contributed by atoms with van der Waals surface area (Å²) < 4.78 is 0. The zero-order valence-corrected chi connectivity index (χ0v) is 20.6. The first-order valence-corrected chi connectivity index (χ1v) is 12.2. The van der Waals surface area contributed by atoms with Gasteiger partial charge in [0, 0.05) is 63.7 Å². The largest absolute Gasteiger partial charge is 0.341 e. The maximum absolute atomic E-state index is 13.8. The third kappa shape index (κ3) is 4.95. The van der Waals surface area contributed by atoms with Gasteiger partial charge in [0.1, 0.15) is 0 Å². The highest BCUT2D eigenvalue weighted by atomic mass is 16.2. The molecular formula is C29H27N5O3. The van der Waals surface area contributed by atoms with Gasteiger partial charge < -0.3 is 4.90 Å². The molecule has 0 unspecified atom stereocenters. The molecule has 5 rings (SSSR count). The van der Waals surface area contributed by atoms with Crippen molar-refractivity contribution < 1.29 is 14.4 Å². The number of carbonyl (C=O) groups excluding carboxylic acids is 3. The van der Waals surface area contributed by atoms with E-state index in [0.29, 0.717) is 18.5 Å². The summed E-state index contributed by atoms with van der Waals surface area (Å²) in [5.41, 5.74) is 2.68. The van der Waals surface area contributed by atoms with Crippen LogP contribution in [0, 0.1) is 0 Å². The Balaban J connectivity index is 1.36. The minimum absolute atomic E-state index is 0.0385. The molecule has 186 valence electrons. The Kier molecular flexibility index (Phi) is 6.72. The zero-order valence-electron chi connectivity index (χ0n) is 20.6. The van der Waals surface area contributed by atoms with Crippen molar-refractivity contribution in [1.82, 2.24) is 24.8 Å². The first-order valence-electron chi connectivity index (χ1n) is 12.2. The molecule has 0 radical (unpaired) electrons. The van der Waals surface area contributed by atoms with Gasteiger partial charge in [-0.3, -0.25) is 34.2 Å². The number of hydrogen-bond donors (Lipinski definition) is 0. The van der Waals surface area contributed by atoms with Gasteiger partial charge >= 0.3 is 0 Å². The van der Waals surface area contributed by atoms with E-state index in [1.807, 2.05) is 66.7 Å². The summed E-state index contributed by atoms with van der Waals surface area (Å²) in [6.07, 6.45) is 5.29. The first-order chi connectivity index (χ1) is 18.0. The molecule has 1 aliphatic rings. The molecule has 4 aromatic rings. The maximum Gasteiger partial charge on any atom is 0.240 e. The number of carbonyl (C=O) groups is 3. The minimum Gasteiger partial charge on any atom is -0.341 e. The summed E-state index contributed by atoms with van der Waals surface area (Å²) in [4.78, 5) is 56.2. The molecule has 3 amide bonds. The van der Waals surface area contributed by atoms with E-state index >= 15 is 0 Å². The Labute approximate surface area is 215 Å². The summed E-state index contributed by atoms with van der Waals surface area (Å²) in [6.45, 7) is 0.577. The number of benzene rings is 2. The van der Waals surface area contributed by atoms with Crippen LogP contribution in [0.2, 0.25) is 0 Å². The summed E-state index contributed by atoms with van der Waals surface area (Å²) >= 11 is 0. The van der Waals surface area contributed by atoms with Crippen molar-refractivity contribution in [3.05, 3.63) is 102 Å². The molecule has 1 fully saturated rings. The number of aromatic nitrogens is 3. The molecule has 8 nitrogen and oxygen atoms in total. The van der Waals surface area contributed by atoms with Crippen LogP contribution in [0.3, 0.4) is 0 Å². The third-order valence-electron chi connectivity index (χ3n) is 6.88. The second-order valence-corrected chi connectivity index (χ2v) is 9.35. The van der Waals surface area contributed by atoms with Crippen molar-refractivity contribution in [2.45, 2.75) is 31.2 Å². The molecule has 0 aliphatic carbocycles. The summed E-state index contributed by atoms with van der Waals surface area (Å²) in [7, 11) is 1.71. The van der Waals surface area contributed by atoms with Gasteiger partial charge in [-0.15, -0.1) is 0 Å². The number of rotatable bonds is 8. The zero-order chi connectivity index (χ0) is 25.8. The van der Waals surface area contributed by atoms with Gasteiger partial charge in [-0.1, -0.05) is 42.5 Å². The SMILES string of the molecule is CN(Cc1ccc2nccnc2c1)C(=O)C[C@@]1(c2ccccc2)CC(=O)N(CCc2ccccn2)C1=O. The predicted octanol–water partition coefficient (Wildman–Crippen LogP) is 3.31. The average molecular weight is 494 g/mol. The molecule has 2 aromatic carbocycles. The average Bonchev–Trinajstić information content (AvgIpc) is 3.17. The number of amides is 3. The first kappa shape index (κ1) is 24.2. The Hall–Kier alpha value is -4.46. The highest BCUT2D eigenvalue weighted by Gasteiger charge is 2.53. The normalized spacial score (nSPS) is 17.4. The van der Waals surface area contributed by atoms with Crippen molar-refractivity contribution in [1.29, 1.82) is 0 Å². The Morgan fingerprint density at radius 2 is 1.68 bits per heavy atom. The van der Waals surface area contributed by atoms with E-state index in [0.717, 1.165) is 22.3 Å². The van der Waals surface area contributed by atoms with Crippen molar-refractivity contribution in [2.24, 2.45) is 0 Å². The van der Waals surface area contributed by atoms with Crippen LogP contribution < -0.4 is 0 Å². The van der Waals surface area contributed by atoms with E-state index in [9.17, 15) is 14.4 Å². The van der Waals surface area contributed by atoms with E-state index in [2.05, 4.69) is 15.0 Å². The molecule has 2 aromatic heterocycles. The van der Waals surface area contributed by atoms with Crippen molar-refractivity contribution in [3.8, 4) is 0 Å². The van der Waals surface area contributed by atoms with E-state index in [1.165, 1.54) is 4.90 Å². The number of imide groups is 1. The van der Waals surface area contributed by atoms with Crippen LogP contribution in [-0.2, 0) is 32.8 Å². The van der Waals surface area contributed by atoms with Crippen molar-refractivity contribution in [3.63, 3.8) is 0 Å². The molecule has 1 atom stereocenters. The van der Waals surface area contributed by atoms with Crippen LogP contribution in [0.5, 0.6) is 0 Å². The molecule has 1 aliphatic heterocycles. The Bertz CT molecular complexity index is 1440. The lowest BCUT2D eigenvalue weighted by atomic mass is 9.75. The van der Waals surface area contributed by atoms with Gasteiger partial charge in [-0.05, 0) is 35.4 Å². The van der Waals surface area contributed by atoms with Gasteiger partial charge in [0.25, 0.3) is 0 Å². The molecule has 8 heteroatoms. The van der Waals surface area contributed by atoms with Crippen LogP contribution in [0.1, 0.15) is 29.7 Å². The van der Waals surface area contributed by atoms with E-state index < -0.39 is 5.41 Å².